The Balaban J connectivity index is 1.47. The highest BCUT2D eigenvalue weighted by atomic mass is 35.5. The smallest absolute Gasteiger partial charge is 0.241 e. The van der Waals surface area contributed by atoms with E-state index in [-0.39, 0.29) is 23.2 Å². The largest absolute Gasteiger partial charge is 0.506 e. The summed E-state index contributed by atoms with van der Waals surface area (Å²) < 4.78 is 1.77. The first kappa shape index (κ1) is 17.9. The molecule has 0 saturated carbocycles. The number of anilines is 1. The van der Waals surface area contributed by atoms with Crippen molar-refractivity contribution in [3.8, 4) is 5.75 Å². The van der Waals surface area contributed by atoms with Crippen LogP contribution in [-0.2, 0) is 4.79 Å². The Morgan fingerprint density at radius 3 is 2.42 bits per heavy atom. The highest BCUT2D eigenvalue weighted by molar-refractivity contribution is 6.42. The Morgan fingerprint density at radius 2 is 1.79 bits per heavy atom. The summed E-state index contributed by atoms with van der Waals surface area (Å²) in [5.74, 6) is -0.0367. The van der Waals surface area contributed by atoms with Gasteiger partial charge in [0.25, 0.3) is 0 Å². The number of hydrogen-bond acceptors (Lipinski definition) is 5. The van der Waals surface area contributed by atoms with Crippen LogP contribution in [0.1, 0.15) is 0 Å². The number of phenolic OH excluding ortho intramolecular Hbond substituents is 1. The van der Waals surface area contributed by atoms with Gasteiger partial charge in [0.05, 0.1) is 22.3 Å². The van der Waals surface area contributed by atoms with Crippen molar-refractivity contribution in [2.24, 2.45) is 0 Å². The molecule has 0 aromatic heterocycles. The minimum Gasteiger partial charge on any atom is -0.506 e. The van der Waals surface area contributed by atoms with E-state index in [0.717, 1.165) is 26.2 Å². The number of nitrogens with one attached hydrogen (secondary N) is 1. The van der Waals surface area contributed by atoms with Crippen LogP contribution in [0.3, 0.4) is 0 Å². The van der Waals surface area contributed by atoms with Gasteiger partial charge >= 0.3 is 0 Å². The number of carbonyl (C=O) groups is 1. The van der Waals surface area contributed by atoms with E-state index in [2.05, 4.69) is 10.2 Å². The molecule has 6 nitrogen and oxygen atoms in total. The number of rotatable bonds is 4. The molecule has 0 spiro atoms. The molecule has 2 heterocycles. The fourth-order valence-electron chi connectivity index (χ4n) is 2.93. The number of benzene rings is 1. The van der Waals surface area contributed by atoms with Crippen LogP contribution >= 0.6 is 35.0 Å². The van der Waals surface area contributed by atoms with E-state index in [0.29, 0.717) is 29.8 Å². The summed E-state index contributed by atoms with van der Waals surface area (Å²) in [7, 11) is 0. The minimum atomic E-state index is -0.0300. The van der Waals surface area contributed by atoms with Crippen LogP contribution in [0.15, 0.2) is 12.1 Å². The van der Waals surface area contributed by atoms with Crippen molar-refractivity contribution < 1.29 is 9.90 Å². The van der Waals surface area contributed by atoms with Crippen LogP contribution in [0.5, 0.6) is 5.75 Å². The van der Waals surface area contributed by atoms with Gasteiger partial charge in [-0.05, 0) is 17.8 Å². The van der Waals surface area contributed by atoms with Crippen LogP contribution in [0.25, 0.3) is 0 Å². The molecular formula is C15H19Cl3N4O2. The van der Waals surface area contributed by atoms with E-state index in [1.807, 2.05) is 4.90 Å². The molecule has 132 valence electrons. The van der Waals surface area contributed by atoms with Gasteiger partial charge in [-0.1, -0.05) is 23.2 Å². The summed E-state index contributed by atoms with van der Waals surface area (Å²) in [6.07, 6.45) is 0. The highest BCUT2D eigenvalue weighted by Crippen LogP contribution is 2.33. The summed E-state index contributed by atoms with van der Waals surface area (Å²) >= 11 is 17.6. The van der Waals surface area contributed by atoms with E-state index in [9.17, 15) is 9.90 Å². The maximum Gasteiger partial charge on any atom is 0.241 e. The second-order valence-corrected chi connectivity index (χ2v) is 7.33. The number of halogens is 3. The SMILES string of the molecule is O=C(CNc1cc(Cl)c(Cl)cc1O)N1CCN(C2CN(Cl)C2)CC1. The predicted molar refractivity (Wildman–Crippen MR) is 96.0 cm³/mol. The molecule has 24 heavy (non-hydrogen) atoms. The second-order valence-electron chi connectivity index (χ2n) is 6.04. The molecule has 0 aliphatic carbocycles. The van der Waals surface area contributed by atoms with Crippen molar-refractivity contribution in [3.05, 3.63) is 22.2 Å². The molecule has 3 rings (SSSR count). The number of carbonyl (C=O) groups excluding carboxylic acids is 1. The first-order chi connectivity index (χ1) is 11.4. The van der Waals surface area contributed by atoms with Crippen molar-refractivity contribution >= 4 is 46.6 Å². The third kappa shape index (κ3) is 4.00. The van der Waals surface area contributed by atoms with Crippen LogP contribution in [-0.4, -0.2) is 77.1 Å². The zero-order chi connectivity index (χ0) is 17.3. The van der Waals surface area contributed by atoms with E-state index in [1.165, 1.54) is 12.1 Å². The zero-order valence-corrected chi connectivity index (χ0v) is 15.3. The molecule has 2 aliphatic rings. The zero-order valence-electron chi connectivity index (χ0n) is 13.0. The number of hydrogen-bond donors (Lipinski definition) is 2. The molecular weight excluding hydrogens is 375 g/mol. The Kier molecular flexibility index (Phi) is 5.62. The molecule has 2 aliphatic heterocycles. The molecule has 2 saturated heterocycles. The summed E-state index contributed by atoms with van der Waals surface area (Å²) in [6.45, 7) is 4.99. The van der Waals surface area contributed by atoms with E-state index >= 15 is 0 Å². The van der Waals surface area contributed by atoms with Crippen molar-refractivity contribution in [1.29, 1.82) is 0 Å². The van der Waals surface area contributed by atoms with Gasteiger partial charge < -0.3 is 15.3 Å². The van der Waals surface area contributed by atoms with Crippen molar-refractivity contribution in [1.82, 2.24) is 14.2 Å². The normalized spacial score (nSPS) is 20.0. The second kappa shape index (κ2) is 7.54. The number of amides is 1. The fourth-order valence-corrected chi connectivity index (χ4v) is 3.57. The third-order valence-corrected chi connectivity index (χ3v) is 5.47. The average molecular weight is 394 g/mol. The lowest BCUT2D eigenvalue weighted by Crippen LogP contribution is -2.61. The van der Waals surface area contributed by atoms with Gasteiger partial charge in [0, 0.05) is 51.4 Å². The molecule has 1 amide bonds. The van der Waals surface area contributed by atoms with Gasteiger partial charge in [-0.15, -0.1) is 0 Å². The maximum absolute atomic E-state index is 12.3. The first-order valence-corrected chi connectivity index (χ1v) is 8.88. The molecule has 0 unspecified atom stereocenters. The quantitative estimate of drug-likeness (QED) is 0.606. The highest BCUT2D eigenvalue weighted by Gasteiger charge is 2.33. The minimum absolute atomic E-state index is 0.00676. The topological polar surface area (TPSA) is 59.1 Å². The average Bonchev–Trinajstić information content (AvgIpc) is 2.54. The summed E-state index contributed by atoms with van der Waals surface area (Å²) in [6, 6.07) is 3.37. The first-order valence-electron chi connectivity index (χ1n) is 7.78. The summed E-state index contributed by atoms with van der Waals surface area (Å²) in [4.78, 5) is 16.5. The van der Waals surface area contributed by atoms with E-state index in [1.54, 1.807) is 4.42 Å². The molecule has 0 atom stereocenters. The fraction of sp³-hybridized carbons (Fsp3) is 0.533. The van der Waals surface area contributed by atoms with Crippen LogP contribution < -0.4 is 5.32 Å². The Labute approximate surface area is 156 Å². The van der Waals surface area contributed by atoms with Crippen molar-refractivity contribution in [3.63, 3.8) is 0 Å². The number of piperazine rings is 1. The van der Waals surface area contributed by atoms with Crippen LogP contribution in [0.4, 0.5) is 5.69 Å². The molecule has 1 aromatic carbocycles. The number of aromatic hydroxyl groups is 1. The van der Waals surface area contributed by atoms with Gasteiger partial charge in [-0.2, -0.15) is 0 Å². The van der Waals surface area contributed by atoms with Crippen molar-refractivity contribution in [2.75, 3.05) is 51.1 Å². The molecule has 0 radical (unpaired) electrons. The molecule has 2 N–H and O–H groups in total. The van der Waals surface area contributed by atoms with Gasteiger partial charge in [0.15, 0.2) is 0 Å². The Morgan fingerprint density at radius 1 is 1.17 bits per heavy atom. The Bertz CT molecular complexity index is 617. The summed E-state index contributed by atoms with van der Waals surface area (Å²) in [5.41, 5.74) is 0.396. The molecule has 0 bridgehead atoms. The lowest BCUT2D eigenvalue weighted by atomic mass is 10.1. The maximum atomic E-state index is 12.3. The predicted octanol–water partition coefficient (Wildman–Crippen LogP) is 2.09. The lowest BCUT2D eigenvalue weighted by molar-refractivity contribution is -0.131. The monoisotopic (exact) mass is 392 g/mol. The number of nitrogens with zero attached hydrogens (tertiary/aromatic N) is 3. The number of phenols is 1. The standard InChI is InChI=1S/C15H19Cl3N4O2/c16-11-5-13(14(23)6-12(11)17)19-7-15(24)21-3-1-20(2-4-21)10-8-22(18)9-10/h5-6,10,19,23H,1-4,7-9H2. The summed E-state index contributed by atoms with van der Waals surface area (Å²) in [5, 5.41) is 13.4. The van der Waals surface area contributed by atoms with Gasteiger partial charge in [-0.3, -0.25) is 9.69 Å². The lowest BCUT2D eigenvalue weighted by Gasteiger charge is -2.45. The molecule has 9 heteroatoms. The van der Waals surface area contributed by atoms with Crippen molar-refractivity contribution in [2.45, 2.75) is 6.04 Å². The van der Waals surface area contributed by atoms with Crippen LogP contribution in [0.2, 0.25) is 10.0 Å². The molecule has 1 aromatic rings. The van der Waals surface area contributed by atoms with Gasteiger partial charge in [0.1, 0.15) is 5.75 Å². The van der Waals surface area contributed by atoms with Crippen LogP contribution in [0, 0.1) is 0 Å². The third-order valence-electron chi connectivity index (χ3n) is 4.47. The van der Waals surface area contributed by atoms with Gasteiger partial charge in [-0.25, -0.2) is 4.42 Å². The molecule has 2 fully saturated rings. The Hall–Kier alpha value is -0.920. The van der Waals surface area contributed by atoms with E-state index < -0.39 is 0 Å². The van der Waals surface area contributed by atoms with E-state index in [4.69, 9.17) is 35.0 Å². The van der Waals surface area contributed by atoms with Gasteiger partial charge in [0.2, 0.25) is 5.91 Å².